The Kier molecular flexibility index (Phi) is 4.36. The molecule has 104 valence electrons. The summed E-state index contributed by atoms with van der Waals surface area (Å²) in [7, 11) is -2.79. The van der Waals surface area contributed by atoms with E-state index in [-0.39, 0.29) is 5.15 Å². The summed E-state index contributed by atoms with van der Waals surface area (Å²) < 4.78 is 16.1. The molecule has 1 aromatic heterocycles. The van der Waals surface area contributed by atoms with Gasteiger partial charge in [-0.3, -0.25) is 0 Å². The van der Waals surface area contributed by atoms with Gasteiger partial charge in [-0.15, -0.1) is 4.36 Å². The van der Waals surface area contributed by atoms with Crippen LogP contribution in [-0.4, -0.2) is 21.5 Å². The molecule has 0 unspecified atom stereocenters. The second-order valence-electron chi connectivity index (χ2n) is 3.98. The van der Waals surface area contributed by atoms with E-state index in [1.54, 1.807) is 42.5 Å². The van der Waals surface area contributed by atoms with E-state index in [9.17, 15) is 9.00 Å². The van der Waals surface area contributed by atoms with Gasteiger partial charge in [0.25, 0.3) is 0 Å². The standard InChI is InChI=1S/C13H12ClN3O2S/c1-20(19,10-6-3-2-4-7-10)17-13(18)16-11-8-5-9-15-12(11)14/h2-9H,1H3,(H,16,18)/t20-/m1/s1. The summed E-state index contributed by atoms with van der Waals surface area (Å²) in [4.78, 5) is 16.1. The smallest absolute Gasteiger partial charge is 0.303 e. The first kappa shape index (κ1) is 14.5. The summed E-state index contributed by atoms with van der Waals surface area (Å²) in [5, 5.41) is 2.61. The van der Waals surface area contributed by atoms with E-state index in [1.165, 1.54) is 12.5 Å². The van der Waals surface area contributed by atoms with Gasteiger partial charge in [-0.25, -0.2) is 14.0 Å². The fourth-order valence-corrected chi connectivity index (χ4v) is 2.80. The molecule has 5 nitrogen and oxygen atoms in total. The van der Waals surface area contributed by atoms with E-state index >= 15 is 0 Å². The molecule has 0 aliphatic heterocycles. The highest BCUT2D eigenvalue weighted by Gasteiger charge is 2.10. The highest BCUT2D eigenvalue weighted by atomic mass is 35.5. The molecule has 1 N–H and O–H groups in total. The number of nitrogens with zero attached hydrogens (tertiary/aromatic N) is 2. The molecule has 0 saturated heterocycles. The molecule has 2 rings (SSSR count). The van der Waals surface area contributed by atoms with Crippen molar-refractivity contribution in [2.24, 2.45) is 4.36 Å². The monoisotopic (exact) mass is 309 g/mol. The van der Waals surface area contributed by atoms with Crippen molar-refractivity contribution in [2.75, 3.05) is 11.6 Å². The number of benzene rings is 1. The van der Waals surface area contributed by atoms with Crippen molar-refractivity contribution in [2.45, 2.75) is 4.90 Å². The molecule has 20 heavy (non-hydrogen) atoms. The number of amides is 2. The third-order valence-electron chi connectivity index (χ3n) is 2.44. The van der Waals surface area contributed by atoms with Crippen LogP contribution in [0.4, 0.5) is 10.5 Å². The maximum absolute atomic E-state index is 12.4. The van der Waals surface area contributed by atoms with Crippen LogP contribution in [0.3, 0.4) is 0 Å². The first-order valence-corrected chi connectivity index (χ1v) is 7.98. The normalized spacial score (nSPS) is 13.3. The number of anilines is 1. The van der Waals surface area contributed by atoms with Gasteiger partial charge in [0.05, 0.1) is 15.4 Å². The van der Waals surface area contributed by atoms with Gasteiger partial charge in [0, 0.05) is 17.3 Å². The molecular formula is C13H12ClN3O2S. The molecule has 7 heteroatoms. The minimum Gasteiger partial charge on any atom is -0.303 e. The second kappa shape index (κ2) is 6.02. The van der Waals surface area contributed by atoms with Gasteiger partial charge in [0.15, 0.2) is 5.15 Å². The van der Waals surface area contributed by atoms with Gasteiger partial charge < -0.3 is 5.32 Å². The highest BCUT2D eigenvalue weighted by Crippen LogP contribution is 2.18. The Labute approximate surface area is 122 Å². The number of aromatic nitrogens is 1. The summed E-state index contributed by atoms with van der Waals surface area (Å²) >= 11 is 5.82. The molecule has 0 spiro atoms. The molecule has 1 aromatic carbocycles. The van der Waals surface area contributed by atoms with Crippen molar-refractivity contribution < 1.29 is 9.00 Å². The largest absolute Gasteiger partial charge is 0.353 e. The Morgan fingerprint density at radius 2 is 1.95 bits per heavy atom. The lowest BCUT2D eigenvalue weighted by Gasteiger charge is -2.05. The minimum atomic E-state index is -2.79. The Balaban J connectivity index is 2.25. The first-order valence-electron chi connectivity index (χ1n) is 5.68. The molecule has 2 amide bonds. The van der Waals surface area contributed by atoms with E-state index in [0.29, 0.717) is 10.6 Å². The lowest BCUT2D eigenvalue weighted by Crippen LogP contribution is -2.10. The molecule has 0 aliphatic carbocycles. The van der Waals surface area contributed by atoms with E-state index < -0.39 is 15.8 Å². The van der Waals surface area contributed by atoms with E-state index in [1.807, 2.05) is 0 Å². The van der Waals surface area contributed by atoms with Gasteiger partial charge in [-0.1, -0.05) is 29.8 Å². The number of rotatable bonds is 2. The van der Waals surface area contributed by atoms with Crippen LogP contribution in [0.5, 0.6) is 0 Å². The number of hydrogen-bond acceptors (Lipinski definition) is 3. The first-order chi connectivity index (χ1) is 9.49. The molecule has 0 fully saturated rings. The van der Waals surface area contributed by atoms with Crippen molar-refractivity contribution in [3.05, 3.63) is 53.8 Å². The molecule has 0 bridgehead atoms. The van der Waals surface area contributed by atoms with Crippen molar-refractivity contribution in [1.82, 2.24) is 4.98 Å². The van der Waals surface area contributed by atoms with Crippen LogP contribution in [0.25, 0.3) is 0 Å². The number of hydrogen-bond donors (Lipinski definition) is 1. The van der Waals surface area contributed by atoms with Crippen molar-refractivity contribution in [3.8, 4) is 0 Å². The quantitative estimate of drug-likeness (QED) is 0.864. The van der Waals surface area contributed by atoms with Gasteiger partial charge in [-0.05, 0) is 24.3 Å². The van der Waals surface area contributed by atoms with Crippen LogP contribution in [0.2, 0.25) is 5.15 Å². The van der Waals surface area contributed by atoms with Gasteiger partial charge in [0.2, 0.25) is 0 Å². The third kappa shape index (κ3) is 3.55. The number of halogens is 1. The summed E-state index contributed by atoms with van der Waals surface area (Å²) in [6, 6.07) is 11.1. The van der Waals surface area contributed by atoms with Crippen LogP contribution in [0.15, 0.2) is 57.9 Å². The maximum Gasteiger partial charge on any atom is 0.353 e. The summed E-state index contributed by atoms with van der Waals surface area (Å²) in [6.45, 7) is 0. The van der Waals surface area contributed by atoms with Crippen LogP contribution in [0.1, 0.15) is 0 Å². The van der Waals surface area contributed by atoms with E-state index in [4.69, 9.17) is 11.6 Å². The van der Waals surface area contributed by atoms with Crippen LogP contribution < -0.4 is 5.32 Å². The average Bonchev–Trinajstić information content (AvgIpc) is 2.42. The van der Waals surface area contributed by atoms with Crippen LogP contribution in [0, 0.1) is 0 Å². The van der Waals surface area contributed by atoms with Crippen LogP contribution >= 0.6 is 11.6 Å². The molecule has 1 atom stereocenters. The summed E-state index contributed by atoms with van der Waals surface area (Å²) in [5.41, 5.74) is 0.325. The SMILES string of the molecule is C[S@](=O)(=NC(=O)Nc1cccnc1Cl)c1ccccc1. The zero-order valence-electron chi connectivity index (χ0n) is 10.6. The molecule has 2 aromatic rings. The van der Waals surface area contributed by atoms with Crippen molar-refractivity contribution in [3.63, 3.8) is 0 Å². The minimum absolute atomic E-state index is 0.151. The molecule has 0 saturated carbocycles. The average molecular weight is 310 g/mol. The highest BCUT2D eigenvalue weighted by molar-refractivity contribution is 7.93. The Morgan fingerprint density at radius 3 is 2.60 bits per heavy atom. The number of pyridine rings is 1. The predicted octanol–water partition coefficient (Wildman–Crippen LogP) is 3.42. The fourth-order valence-electron chi connectivity index (χ4n) is 1.50. The molecular weight excluding hydrogens is 298 g/mol. The fraction of sp³-hybridized carbons (Fsp3) is 0.0769. The number of carbonyl (C=O) groups excluding carboxylic acids is 1. The zero-order chi connectivity index (χ0) is 14.6. The summed E-state index contributed by atoms with van der Waals surface area (Å²) in [6.07, 6.45) is 2.91. The zero-order valence-corrected chi connectivity index (χ0v) is 12.2. The molecule has 0 aliphatic rings. The molecule has 1 heterocycles. The Bertz CT molecular complexity index is 740. The van der Waals surface area contributed by atoms with Gasteiger partial charge >= 0.3 is 6.03 Å². The number of nitrogens with one attached hydrogen (secondary N) is 1. The number of carbonyl (C=O) groups is 1. The van der Waals surface area contributed by atoms with E-state index in [2.05, 4.69) is 14.7 Å². The van der Waals surface area contributed by atoms with E-state index in [0.717, 1.165) is 0 Å². The van der Waals surface area contributed by atoms with Gasteiger partial charge in [-0.2, -0.15) is 0 Å². The van der Waals surface area contributed by atoms with Crippen molar-refractivity contribution >= 4 is 33.0 Å². The second-order valence-corrected chi connectivity index (χ2v) is 6.60. The topological polar surface area (TPSA) is 71.4 Å². The predicted molar refractivity (Wildman–Crippen MR) is 79.5 cm³/mol. The Morgan fingerprint density at radius 1 is 1.25 bits per heavy atom. The third-order valence-corrected chi connectivity index (χ3v) is 4.40. The van der Waals surface area contributed by atoms with Gasteiger partial charge in [0.1, 0.15) is 0 Å². The maximum atomic E-state index is 12.4. The number of urea groups is 1. The Hall–Kier alpha value is -1.92. The molecule has 0 radical (unpaired) electrons. The lowest BCUT2D eigenvalue weighted by molar-refractivity contribution is 0.260. The van der Waals surface area contributed by atoms with Crippen LogP contribution in [-0.2, 0) is 9.73 Å². The lowest BCUT2D eigenvalue weighted by atomic mass is 10.4. The summed E-state index contributed by atoms with van der Waals surface area (Å²) in [5.74, 6) is 0. The van der Waals surface area contributed by atoms with Crippen molar-refractivity contribution in [1.29, 1.82) is 0 Å².